The number of fused-ring (bicyclic) bond motifs is 1. The zero-order chi connectivity index (χ0) is 13.4. The predicted octanol–water partition coefficient (Wildman–Crippen LogP) is 2.03. The van der Waals surface area contributed by atoms with E-state index in [4.69, 9.17) is 5.11 Å². The van der Waals surface area contributed by atoms with Gasteiger partial charge in [0.2, 0.25) is 0 Å². The summed E-state index contributed by atoms with van der Waals surface area (Å²) in [7, 11) is 0. The van der Waals surface area contributed by atoms with Crippen LogP contribution in [0.3, 0.4) is 0 Å². The van der Waals surface area contributed by atoms with Gasteiger partial charge in [-0.3, -0.25) is 4.98 Å². The molecule has 3 aromatic heterocycles. The normalized spacial score (nSPS) is 10.8. The van der Waals surface area contributed by atoms with E-state index in [1.807, 2.05) is 13.0 Å². The summed E-state index contributed by atoms with van der Waals surface area (Å²) in [5.41, 5.74) is 2.82. The third-order valence-corrected chi connectivity index (χ3v) is 2.90. The highest BCUT2D eigenvalue weighted by Gasteiger charge is 2.14. The lowest BCUT2D eigenvalue weighted by Gasteiger charge is -1.99. The molecule has 0 spiro atoms. The first kappa shape index (κ1) is 11.3. The minimum atomic E-state index is -1.01. The third kappa shape index (κ3) is 1.83. The second kappa shape index (κ2) is 4.16. The van der Waals surface area contributed by atoms with Crippen LogP contribution < -0.4 is 0 Å². The fourth-order valence-electron chi connectivity index (χ4n) is 1.96. The minimum absolute atomic E-state index is 0.162. The molecule has 19 heavy (non-hydrogen) atoms. The monoisotopic (exact) mass is 254 g/mol. The van der Waals surface area contributed by atoms with Crippen molar-refractivity contribution in [3.8, 4) is 11.4 Å². The van der Waals surface area contributed by atoms with Gasteiger partial charge in [0, 0.05) is 24.2 Å². The molecule has 0 atom stereocenters. The van der Waals surface area contributed by atoms with Crippen molar-refractivity contribution in [2.45, 2.75) is 6.92 Å². The SMILES string of the molecule is Cc1cnccc1-c1nc2nccc(C(=O)O)c2[nH]1. The third-order valence-electron chi connectivity index (χ3n) is 2.90. The van der Waals surface area contributed by atoms with Crippen molar-refractivity contribution in [1.29, 1.82) is 0 Å². The molecule has 0 aliphatic heterocycles. The Bertz CT molecular complexity index is 779. The fraction of sp³-hybridized carbons (Fsp3) is 0.0769. The minimum Gasteiger partial charge on any atom is -0.478 e. The maximum absolute atomic E-state index is 11.1. The van der Waals surface area contributed by atoms with Crippen molar-refractivity contribution in [3.63, 3.8) is 0 Å². The summed E-state index contributed by atoms with van der Waals surface area (Å²) in [6.07, 6.45) is 4.84. The van der Waals surface area contributed by atoms with Gasteiger partial charge in [-0.15, -0.1) is 0 Å². The van der Waals surface area contributed by atoms with Crippen LogP contribution in [0.2, 0.25) is 0 Å². The molecule has 0 aliphatic carbocycles. The Hall–Kier alpha value is -2.76. The average molecular weight is 254 g/mol. The first-order valence-electron chi connectivity index (χ1n) is 5.66. The van der Waals surface area contributed by atoms with Crippen LogP contribution in [-0.4, -0.2) is 31.0 Å². The van der Waals surface area contributed by atoms with E-state index in [1.165, 1.54) is 12.3 Å². The van der Waals surface area contributed by atoms with E-state index in [2.05, 4.69) is 19.9 Å². The van der Waals surface area contributed by atoms with Crippen molar-refractivity contribution in [1.82, 2.24) is 19.9 Å². The van der Waals surface area contributed by atoms with Crippen molar-refractivity contribution >= 4 is 17.1 Å². The van der Waals surface area contributed by atoms with Gasteiger partial charge < -0.3 is 10.1 Å². The highest BCUT2D eigenvalue weighted by molar-refractivity contribution is 6.00. The lowest BCUT2D eigenvalue weighted by atomic mass is 10.1. The second-order valence-electron chi connectivity index (χ2n) is 4.14. The number of nitrogens with one attached hydrogen (secondary N) is 1. The number of rotatable bonds is 2. The van der Waals surface area contributed by atoms with E-state index >= 15 is 0 Å². The van der Waals surface area contributed by atoms with E-state index in [0.717, 1.165) is 11.1 Å². The van der Waals surface area contributed by atoms with E-state index in [1.54, 1.807) is 12.4 Å². The number of aromatic amines is 1. The van der Waals surface area contributed by atoms with Crippen molar-refractivity contribution < 1.29 is 9.90 Å². The maximum atomic E-state index is 11.1. The highest BCUT2D eigenvalue weighted by Crippen LogP contribution is 2.23. The molecule has 0 amide bonds. The van der Waals surface area contributed by atoms with E-state index < -0.39 is 5.97 Å². The summed E-state index contributed by atoms with van der Waals surface area (Å²) in [5, 5.41) is 9.13. The molecule has 0 aliphatic rings. The van der Waals surface area contributed by atoms with Gasteiger partial charge in [0.25, 0.3) is 0 Å². The van der Waals surface area contributed by atoms with Gasteiger partial charge in [-0.2, -0.15) is 0 Å². The molecule has 2 N–H and O–H groups in total. The zero-order valence-electron chi connectivity index (χ0n) is 10.1. The summed E-state index contributed by atoms with van der Waals surface area (Å²) in [6, 6.07) is 3.28. The largest absolute Gasteiger partial charge is 0.478 e. The summed E-state index contributed by atoms with van der Waals surface area (Å²) in [4.78, 5) is 26.6. The lowest BCUT2D eigenvalue weighted by Crippen LogP contribution is -1.97. The summed E-state index contributed by atoms with van der Waals surface area (Å²) < 4.78 is 0. The first-order chi connectivity index (χ1) is 9.16. The Kier molecular flexibility index (Phi) is 2.49. The molecule has 6 heteroatoms. The van der Waals surface area contributed by atoms with Gasteiger partial charge in [-0.1, -0.05) is 0 Å². The van der Waals surface area contributed by atoms with Crippen LogP contribution in [0, 0.1) is 6.92 Å². The Balaban J connectivity index is 2.26. The topological polar surface area (TPSA) is 91.8 Å². The van der Waals surface area contributed by atoms with Gasteiger partial charge >= 0.3 is 5.97 Å². The molecule has 6 nitrogen and oxygen atoms in total. The summed E-state index contributed by atoms with van der Waals surface area (Å²) in [6.45, 7) is 1.92. The lowest BCUT2D eigenvalue weighted by molar-refractivity contribution is 0.0699. The standard InChI is InChI=1S/C13H10N4O2/c1-7-6-14-4-2-8(7)11-16-10-9(13(18)19)3-5-15-12(10)17-11/h2-6H,1H3,(H,18,19)(H,15,16,17). The molecule has 3 heterocycles. The molecule has 3 aromatic rings. The smallest absolute Gasteiger partial charge is 0.338 e. The van der Waals surface area contributed by atoms with Crippen molar-refractivity contribution in [2.24, 2.45) is 0 Å². The van der Waals surface area contributed by atoms with Crippen LogP contribution in [-0.2, 0) is 0 Å². The summed E-state index contributed by atoms with van der Waals surface area (Å²) >= 11 is 0. The zero-order valence-corrected chi connectivity index (χ0v) is 10.1. The Morgan fingerprint density at radius 2 is 2.16 bits per heavy atom. The Morgan fingerprint density at radius 3 is 2.89 bits per heavy atom. The number of pyridine rings is 2. The van der Waals surface area contributed by atoms with E-state index in [0.29, 0.717) is 17.0 Å². The number of hydrogen-bond acceptors (Lipinski definition) is 4. The molecule has 0 aromatic carbocycles. The molecule has 0 fully saturated rings. The van der Waals surface area contributed by atoms with E-state index in [9.17, 15) is 4.79 Å². The highest BCUT2D eigenvalue weighted by atomic mass is 16.4. The quantitative estimate of drug-likeness (QED) is 0.730. The molecule has 94 valence electrons. The Morgan fingerprint density at radius 1 is 1.32 bits per heavy atom. The number of imidazole rings is 1. The van der Waals surface area contributed by atoms with Gasteiger partial charge in [-0.25, -0.2) is 14.8 Å². The molecule has 3 rings (SSSR count). The number of H-pyrrole nitrogens is 1. The molecule has 0 radical (unpaired) electrons. The second-order valence-corrected chi connectivity index (χ2v) is 4.14. The van der Waals surface area contributed by atoms with Crippen LogP contribution in [0.1, 0.15) is 15.9 Å². The number of aryl methyl sites for hydroxylation is 1. The summed E-state index contributed by atoms with van der Waals surface area (Å²) in [5.74, 6) is -0.412. The molecule has 0 saturated heterocycles. The predicted molar refractivity (Wildman–Crippen MR) is 68.8 cm³/mol. The number of aromatic carboxylic acids is 1. The Labute approximate surface area is 108 Å². The maximum Gasteiger partial charge on any atom is 0.338 e. The molecular formula is C13H10N4O2. The number of carbonyl (C=O) groups is 1. The number of carboxylic acids is 1. The van der Waals surface area contributed by atoms with Crippen molar-refractivity contribution in [3.05, 3.63) is 41.9 Å². The van der Waals surface area contributed by atoms with Gasteiger partial charge in [0.15, 0.2) is 5.65 Å². The van der Waals surface area contributed by atoms with Crippen LogP contribution in [0.25, 0.3) is 22.6 Å². The molecule has 0 bridgehead atoms. The number of carboxylic acid groups (broad SMARTS) is 1. The van der Waals surface area contributed by atoms with Crippen LogP contribution in [0.5, 0.6) is 0 Å². The number of hydrogen-bond donors (Lipinski definition) is 2. The van der Waals surface area contributed by atoms with Crippen LogP contribution >= 0.6 is 0 Å². The molecule has 0 saturated carbocycles. The van der Waals surface area contributed by atoms with Gasteiger partial charge in [-0.05, 0) is 24.6 Å². The average Bonchev–Trinajstić information content (AvgIpc) is 2.82. The van der Waals surface area contributed by atoms with Crippen molar-refractivity contribution in [2.75, 3.05) is 0 Å². The molecular weight excluding hydrogens is 244 g/mol. The van der Waals surface area contributed by atoms with Crippen LogP contribution in [0.4, 0.5) is 0 Å². The number of nitrogens with zero attached hydrogens (tertiary/aromatic N) is 3. The molecule has 0 unspecified atom stereocenters. The van der Waals surface area contributed by atoms with E-state index in [-0.39, 0.29) is 5.56 Å². The number of aromatic nitrogens is 4. The fourth-order valence-corrected chi connectivity index (χ4v) is 1.96. The first-order valence-corrected chi connectivity index (χ1v) is 5.66. The van der Waals surface area contributed by atoms with Gasteiger partial charge in [0.05, 0.1) is 11.1 Å². The van der Waals surface area contributed by atoms with Crippen LogP contribution in [0.15, 0.2) is 30.7 Å². The van der Waals surface area contributed by atoms with Gasteiger partial charge in [0.1, 0.15) is 5.82 Å².